The summed E-state index contributed by atoms with van der Waals surface area (Å²) in [5.41, 5.74) is 2.75. The van der Waals surface area contributed by atoms with Gasteiger partial charge in [0, 0.05) is 22.8 Å². The highest BCUT2D eigenvalue weighted by atomic mass is 32.2. The lowest BCUT2D eigenvalue weighted by atomic mass is 10.1. The summed E-state index contributed by atoms with van der Waals surface area (Å²) in [6, 6.07) is 20.9. The number of thiazole rings is 1. The molecule has 4 rings (SSSR count). The zero-order valence-corrected chi connectivity index (χ0v) is 17.3. The predicted octanol–water partition coefficient (Wildman–Crippen LogP) is 4.76. The average Bonchev–Trinajstić information content (AvgIpc) is 3.15. The molecule has 1 aromatic heterocycles. The number of carbonyl (C=O) groups is 1. The first kappa shape index (κ1) is 19.3. The van der Waals surface area contributed by atoms with E-state index in [9.17, 15) is 13.2 Å². The van der Waals surface area contributed by atoms with Crippen molar-refractivity contribution < 1.29 is 13.2 Å². The molecule has 1 N–H and O–H groups in total. The van der Waals surface area contributed by atoms with Gasteiger partial charge in [-0.25, -0.2) is 13.4 Å². The molecular weight excluding hydrogens is 404 g/mol. The molecule has 0 saturated carbocycles. The summed E-state index contributed by atoms with van der Waals surface area (Å²) in [6.07, 6.45) is 1.17. The Balaban J connectivity index is 1.53. The van der Waals surface area contributed by atoms with E-state index in [1.807, 2.05) is 23.6 Å². The summed E-state index contributed by atoms with van der Waals surface area (Å²) >= 11 is 1.35. The zero-order valence-electron chi connectivity index (χ0n) is 15.6. The van der Waals surface area contributed by atoms with Gasteiger partial charge in [-0.2, -0.15) is 0 Å². The highest BCUT2D eigenvalue weighted by Crippen LogP contribution is 2.28. The van der Waals surface area contributed by atoms with Crippen molar-refractivity contribution in [2.24, 2.45) is 0 Å². The monoisotopic (exact) mass is 422 g/mol. The second kappa shape index (κ2) is 7.77. The van der Waals surface area contributed by atoms with Gasteiger partial charge in [-0.05, 0) is 34.5 Å². The Bertz CT molecular complexity index is 1310. The van der Waals surface area contributed by atoms with Crippen molar-refractivity contribution in [3.63, 3.8) is 0 Å². The molecule has 0 aliphatic carbocycles. The van der Waals surface area contributed by atoms with E-state index >= 15 is 0 Å². The minimum atomic E-state index is -3.16. The molecule has 0 fully saturated rings. The van der Waals surface area contributed by atoms with Crippen molar-refractivity contribution in [1.82, 2.24) is 4.98 Å². The lowest BCUT2D eigenvalue weighted by Crippen LogP contribution is -2.12. The van der Waals surface area contributed by atoms with Gasteiger partial charge < -0.3 is 0 Å². The van der Waals surface area contributed by atoms with Gasteiger partial charge in [-0.15, -0.1) is 11.3 Å². The maximum Gasteiger partial charge on any atom is 0.257 e. The SMILES string of the molecule is CS(=O)(=O)Cc1cccc(C(=O)Nc2nc(-c3ccc4ccccc4c3)cs2)c1. The summed E-state index contributed by atoms with van der Waals surface area (Å²) in [7, 11) is -3.16. The number of hydrogen-bond acceptors (Lipinski definition) is 5. The third-order valence-electron chi connectivity index (χ3n) is 4.39. The Morgan fingerprint density at radius 2 is 1.79 bits per heavy atom. The van der Waals surface area contributed by atoms with Gasteiger partial charge in [0.15, 0.2) is 15.0 Å². The maximum absolute atomic E-state index is 12.6. The molecule has 0 spiro atoms. The Kier molecular flexibility index (Phi) is 5.17. The number of benzene rings is 3. The summed E-state index contributed by atoms with van der Waals surface area (Å²) < 4.78 is 23.0. The first-order chi connectivity index (χ1) is 13.9. The number of nitrogens with one attached hydrogen (secondary N) is 1. The van der Waals surface area contributed by atoms with Crippen LogP contribution in [0.15, 0.2) is 72.1 Å². The van der Waals surface area contributed by atoms with E-state index in [4.69, 9.17) is 0 Å². The highest BCUT2D eigenvalue weighted by molar-refractivity contribution is 7.89. The number of hydrogen-bond donors (Lipinski definition) is 1. The van der Waals surface area contributed by atoms with Crippen molar-refractivity contribution in [2.75, 3.05) is 11.6 Å². The molecule has 0 atom stereocenters. The van der Waals surface area contributed by atoms with Crippen molar-refractivity contribution in [3.8, 4) is 11.3 Å². The maximum atomic E-state index is 12.6. The lowest BCUT2D eigenvalue weighted by Gasteiger charge is -2.05. The quantitative estimate of drug-likeness (QED) is 0.503. The largest absolute Gasteiger partial charge is 0.298 e. The van der Waals surface area contributed by atoms with Crippen LogP contribution in [0.4, 0.5) is 5.13 Å². The highest BCUT2D eigenvalue weighted by Gasteiger charge is 2.12. The van der Waals surface area contributed by atoms with E-state index in [0.717, 1.165) is 22.0 Å². The van der Waals surface area contributed by atoms with E-state index in [1.165, 1.54) is 17.6 Å². The fraction of sp³-hybridized carbons (Fsp3) is 0.0909. The van der Waals surface area contributed by atoms with Gasteiger partial charge in [0.05, 0.1) is 11.4 Å². The van der Waals surface area contributed by atoms with Crippen LogP contribution in [0.25, 0.3) is 22.0 Å². The second-order valence-electron chi connectivity index (χ2n) is 6.82. The Labute approximate surface area is 173 Å². The van der Waals surface area contributed by atoms with Crippen molar-refractivity contribution >= 4 is 43.0 Å². The minimum absolute atomic E-state index is 0.0997. The number of fused-ring (bicyclic) bond motifs is 1. The molecular formula is C22H18N2O3S2. The van der Waals surface area contributed by atoms with E-state index in [-0.39, 0.29) is 11.7 Å². The van der Waals surface area contributed by atoms with Crippen LogP contribution >= 0.6 is 11.3 Å². The van der Waals surface area contributed by atoms with E-state index in [1.54, 1.807) is 24.3 Å². The number of sulfone groups is 1. The molecule has 5 nitrogen and oxygen atoms in total. The van der Waals surface area contributed by atoms with Gasteiger partial charge in [0.1, 0.15) is 0 Å². The van der Waals surface area contributed by atoms with Gasteiger partial charge in [-0.1, -0.05) is 48.5 Å². The van der Waals surface area contributed by atoms with E-state index < -0.39 is 9.84 Å². The van der Waals surface area contributed by atoms with Crippen LogP contribution in [0.5, 0.6) is 0 Å². The third kappa shape index (κ3) is 4.70. The Hall–Kier alpha value is -3.03. The number of nitrogens with zero attached hydrogens (tertiary/aromatic N) is 1. The molecule has 4 aromatic rings. The smallest absolute Gasteiger partial charge is 0.257 e. The second-order valence-corrected chi connectivity index (χ2v) is 9.82. The molecule has 0 aliphatic rings. The molecule has 29 heavy (non-hydrogen) atoms. The molecule has 0 unspecified atom stereocenters. The van der Waals surface area contributed by atoms with E-state index in [0.29, 0.717) is 16.3 Å². The number of carbonyl (C=O) groups excluding carboxylic acids is 1. The number of aromatic nitrogens is 1. The topological polar surface area (TPSA) is 76.1 Å². The van der Waals surface area contributed by atoms with Crippen LogP contribution in [0, 0.1) is 0 Å². The molecule has 1 heterocycles. The molecule has 0 radical (unpaired) electrons. The van der Waals surface area contributed by atoms with Crippen LogP contribution in [-0.2, 0) is 15.6 Å². The molecule has 0 saturated heterocycles. The Morgan fingerprint density at radius 1 is 1.00 bits per heavy atom. The van der Waals surface area contributed by atoms with Gasteiger partial charge in [0.2, 0.25) is 0 Å². The predicted molar refractivity (Wildman–Crippen MR) is 118 cm³/mol. The fourth-order valence-corrected chi connectivity index (χ4v) is 4.59. The molecule has 0 aliphatic heterocycles. The van der Waals surface area contributed by atoms with Crippen molar-refractivity contribution in [1.29, 1.82) is 0 Å². The van der Waals surface area contributed by atoms with Crippen molar-refractivity contribution in [3.05, 3.63) is 83.2 Å². The average molecular weight is 423 g/mol. The normalized spacial score (nSPS) is 11.5. The number of rotatable bonds is 5. The molecule has 0 bridgehead atoms. The van der Waals surface area contributed by atoms with Gasteiger partial charge in [-0.3, -0.25) is 10.1 Å². The minimum Gasteiger partial charge on any atom is -0.298 e. The van der Waals surface area contributed by atoms with Gasteiger partial charge in [0.25, 0.3) is 5.91 Å². The zero-order chi connectivity index (χ0) is 20.4. The summed E-state index contributed by atoms with van der Waals surface area (Å²) in [5, 5.41) is 7.48. The first-order valence-electron chi connectivity index (χ1n) is 8.90. The number of anilines is 1. The lowest BCUT2D eigenvalue weighted by molar-refractivity contribution is 0.102. The van der Waals surface area contributed by atoms with Crippen LogP contribution in [0.2, 0.25) is 0 Å². The molecule has 7 heteroatoms. The standard InChI is InChI=1S/C22H18N2O3S2/c1-29(26,27)14-15-5-4-8-19(11-15)21(25)24-22-23-20(13-28-22)18-10-9-16-6-2-3-7-17(16)12-18/h2-13H,14H2,1H3,(H,23,24,25). The fourth-order valence-electron chi connectivity index (χ4n) is 3.09. The Morgan fingerprint density at radius 3 is 2.59 bits per heavy atom. The third-order valence-corrected chi connectivity index (χ3v) is 6.00. The van der Waals surface area contributed by atoms with Crippen LogP contribution < -0.4 is 5.32 Å². The molecule has 3 aromatic carbocycles. The number of amides is 1. The first-order valence-corrected chi connectivity index (χ1v) is 11.8. The van der Waals surface area contributed by atoms with Crippen LogP contribution in [-0.4, -0.2) is 25.6 Å². The van der Waals surface area contributed by atoms with Gasteiger partial charge >= 0.3 is 0 Å². The van der Waals surface area contributed by atoms with E-state index in [2.05, 4.69) is 34.6 Å². The van der Waals surface area contributed by atoms with Crippen molar-refractivity contribution in [2.45, 2.75) is 5.75 Å². The van der Waals surface area contributed by atoms with Crippen LogP contribution in [0.1, 0.15) is 15.9 Å². The summed E-state index contributed by atoms with van der Waals surface area (Å²) in [6.45, 7) is 0. The summed E-state index contributed by atoms with van der Waals surface area (Å²) in [4.78, 5) is 17.1. The summed E-state index contributed by atoms with van der Waals surface area (Å²) in [5.74, 6) is -0.419. The molecule has 146 valence electrons. The van der Waals surface area contributed by atoms with Crippen LogP contribution in [0.3, 0.4) is 0 Å². The molecule has 1 amide bonds.